The third kappa shape index (κ3) is 7.89. The van der Waals surface area contributed by atoms with Crippen LogP contribution in [-0.2, 0) is 11.3 Å². The first-order valence-electron chi connectivity index (χ1n) is 10.3. The van der Waals surface area contributed by atoms with Crippen LogP contribution in [0.5, 0.6) is 0 Å². The molecule has 1 aliphatic heterocycles. The molecule has 0 amide bonds. The van der Waals surface area contributed by atoms with E-state index in [0.717, 1.165) is 45.7 Å². The SMILES string of the molecule is NC(CCCCB(O)O)(CCCN1CCN(Cc2ccccc2)CC1)C(=O)O. The first-order chi connectivity index (χ1) is 13.4. The minimum absolute atomic E-state index is 0.253. The summed E-state index contributed by atoms with van der Waals surface area (Å²) in [4.78, 5) is 16.4. The average Bonchev–Trinajstić information content (AvgIpc) is 2.67. The molecular formula is C20H34BN3O4. The highest BCUT2D eigenvalue weighted by Crippen LogP contribution is 2.20. The number of hydrogen-bond donors (Lipinski definition) is 4. The highest BCUT2D eigenvalue weighted by Gasteiger charge is 2.33. The van der Waals surface area contributed by atoms with Crippen LogP contribution in [0.15, 0.2) is 30.3 Å². The van der Waals surface area contributed by atoms with E-state index in [9.17, 15) is 9.90 Å². The minimum atomic E-state index is -1.34. The minimum Gasteiger partial charge on any atom is -0.480 e. The van der Waals surface area contributed by atoms with Gasteiger partial charge in [0.05, 0.1) is 0 Å². The van der Waals surface area contributed by atoms with Gasteiger partial charge >= 0.3 is 13.1 Å². The van der Waals surface area contributed by atoms with E-state index < -0.39 is 18.6 Å². The van der Waals surface area contributed by atoms with Crippen LogP contribution in [0.3, 0.4) is 0 Å². The molecule has 2 rings (SSSR count). The van der Waals surface area contributed by atoms with Crippen LogP contribution in [0.2, 0.25) is 6.32 Å². The van der Waals surface area contributed by atoms with Crippen molar-refractivity contribution in [2.45, 2.75) is 50.5 Å². The Kier molecular flexibility index (Phi) is 9.41. The molecule has 1 aliphatic rings. The van der Waals surface area contributed by atoms with Crippen molar-refractivity contribution in [1.82, 2.24) is 9.80 Å². The first-order valence-corrected chi connectivity index (χ1v) is 10.3. The van der Waals surface area contributed by atoms with Gasteiger partial charge in [0.2, 0.25) is 0 Å². The zero-order valence-corrected chi connectivity index (χ0v) is 16.7. The maximum atomic E-state index is 11.6. The Bertz CT molecular complexity index is 582. The lowest BCUT2D eigenvalue weighted by molar-refractivity contribution is -0.144. The quantitative estimate of drug-likeness (QED) is 0.311. The van der Waals surface area contributed by atoms with Crippen LogP contribution >= 0.6 is 0 Å². The van der Waals surface area contributed by atoms with Gasteiger partial charge in [0.25, 0.3) is 0 Å². The molecular weight excluding hydrogens is 357 g/mol. The molecule has 0 bridgehead atoms. The molecule has 1 saturated heterocycles. The van der Waals surface area contributed by atoms with Crippen molar-refractivity contribution in [1.29, 1.82) is 0 Å². The van der Waals surface area contributed by atoms with Gasteiger partial charge in [0, 0.05) is 32.7 Å². The number of carboxylic acids is 1. The Morgan fingerprint density at radius 2 is 1.61 bits per heavy atom. The number of nitrogens with two attached hydrogens (primary N) is 1. The van der Waals surface area contributed by atoms with Crippen molar-refractivity contribution < 1.29 is 19.9 Å². The van der Waals surface area contributed by atoms with Crippen LogP contribution in [0.4, 0.5) is 0 Å². The van der Waals surface area contributed by atoms with E-state index in [4.69, 9.17) is 15.8 Å². The van der Waals surface area contributed by atoms with Gasteiger partial charge in [-0.25, -0.2) is 0 Å². The molecule has 156 valence electrons. The molecule has 1 unspecified atom stereocenters. The average molecular weight is 391 g/mol. The van der Waals surface area contributed by atoms with E-state index in [1.165, 1.54) is 5.56 Å². The summed E-state index contributed by atoms with van der Waals surface area (Å²) in [6.07, 6.45) is 2.95. The van der Waals surface area contributed by atoms with Crippen LogP contribution in [0, 0.1) is 0 Å². The van der Waals surface area contributed by atoms with Crippen molar-refractivity contribution in [3.63, 3.8) is 0 Å². The van der Waals surface area contributed by atoms with Crippen molar-refractivity contribution in [3.8, 4) is 0 Å². The number of rotatable bonds is 12. The number of carboxylic acid groups (broad SMARTS) is 1. The van der Waals surface area contributed by atoms with Crippen molar-refractivity contribution in [3.05, 3.63) is 35.9 Å². The molecule has 1 aromatic rings. The zero-order valence-electron chi connectivity index (χ0n) is 16.7. The molecule has 1 heterocycles. The summed E-state index contributed by atoms with van der Waals surface area (Å²) in [5.41, 5.74) is 6.24. The molecule has 5 N–H and O–H groups in total. The third-order valence-electron chi connectivity index (χ3n) is 5.57. The maximum absolute atomic E-state index is 11.6. The molecule has 7 nitrogen and oxygen atoms in total. The molecule has 0 radical (unpaired) electrons. The highest BCUT2D eigenvalue weighted by atomic mass is 16.4. The van der Waals surface area contributed by atoms with E-state index in [2.05, 4.69) is 34.1 Å². The lowest BCUT2D eigenvalue weighted by atomic mass is 9.81. The van der Waals surface area contributed by atoms with Gasteiger partial charge < -0.3 is 25.8 Å². The lowest BCUT2D eigenvalue weighted by Crippen LogP contribution is -2.49. The number of piperazine rings is 1. The number of hydrogen-bond acceptors (Lipinski definition) is 6. The molecule has 1 aromatic carbocycles. The second-order valence-electron chi connectivity index (χ2n) is 7.89. The Morgan fingerprint density at radius 3 is 2.21 bits per heavy atom. The Hall–Kier alpha value is -1.45. The highest BCUT2D eigenvalue weighted by molar-refractivity contribution is 6.40. The van der Waals surface area contributed by atoms with Crippen molar-refractivity contribution in [2.24, 2.45) is 5.73 Å². The number of aliphatic carboxylic acids is 1. The van der Waals surface area contributed by atoms with Crippen molar-refractivity contribution >= 4 is 13.1 Å². The predicted molar refractivity (Wildman–Crippen MR) is 111 cm³/mol. The third-order valence-corrected chi connectivity index (χ3v) is 5.57. The van der Waals surface area contributed by atoms with E-state index in [1.54, 1.807) is 0 Å². The topological polar surface area (TPSA) is 110 Å². The van der Waals surface area contributed by atoms with E-state index in [1.807, 2.05) is 6.07 Å². The van der Waals surface area contributed by atoms with E-state index >= 15 is 0 Å². The van der Waals surface area contributed by atoms with Gasteiger partial charge in [0.1, 0.15) is 5.54 Å². The fourth-order valence-electron chi connectivity index (χ4n) is 3.74. The van der Waals surface area contributed by atoms with Crippen LogP contribution in [0.25, 0.3) is 0 Å². The summed E-state index contributed by atoms with van der Waals surface area (Å²) in [5.74, 6) is -0.968. The maximum Gasteiger partial charge on any atom is 0.451 e. The zero-order chi connectivity index (χ0) is 20.4. The summed E-state index contributed by atoms with van der Waals surface area (Å²) >= 11 is 0. The van der Waals surface area contributed by atoms with Crippen LogP contribution < -0.4 is 5.73 Å². The second-order valence-corrected chi connectivity index (χ2v) is 7.89. The first kappa shape index (κ1) is 22.8. The van der Waals surface area contributed by atoms with Gasteiger partial charge in [-0.15, -0.1) is 0 Å². The Morgan fingerprint density at radius 1 is 1.00 bits per heavy atom. The molecule has 28 heavy (non-hydrogen) atoms. The molecule has 1 atom stereocenters. The summed E-state index contributed by atoms with van der Waals surface area (Å²) in [6.45, 7) is 5.86. The van der Waals surface area contributed by atoms with Crippen LogP contribution in [0.1, 0.15) is 37.7 Å². The van der Waals surface area contributed by atoms with Gasteiger partial charge in [0.15, 0.2) is 0 Å². The number of carbonyl (C=O) groups is 1. The summed E-state index contributed by atoms with van der Waals surface area (Å²) < 4.78 is 0. The summed E-state index contributed by atoms with van der Waals surface area (Å²) in [5, 5.41) is 27.3. The molecule has 0 aromatic heterocycles. The van der Waals surface area contributed by atoms with Gasteiger partial charge in [-0.1, -0.05) is 43.2 Å². The van der Waals surface area contributed by atoms with E-state index in [-0.39, 0.29) is 6.32 Å². The monoisotopic (exact) mass is 391 g/mol. The molecule has 0 saturated carbocycles. The molecule has 0 aliphatic carbocycles. The number of unbranched alkanes of at least 4 members (excludes halogenated alkanes) is 1. The van der Waals surface area contributed by atoms with Gasteiger partial charge in [-0.3, -0.25) is 9.69 Å². The molecule has 8 heteroatoms. The summed E-state index contributed by atoms with van der Waals surface area (Å²) in [7, 11) is -1.34. The normalized spacial score (nSPS) is 18.0. The van der Waals surface area contributed by atoms with E-state index in [0.29, 0.717) is 25.7 Å². The lowest BCUT2D eigenvalue weighted by Gasteiger charge is -2.35. The Labute approximate surface area is 168 Å². The predicted octanol–water partition coefficient (Wildman–Crippen LogP) is 1.01. The van der Waals surface area contributed by atoms with Gasteiger partial charge in [-0.2, -0.15) is 0 Å². The number of nitrogens with zero attached hydrogens (tertiary/aromatic N) is 2. The second kappa shape index (κ2) is 11.5. The fraction of sp³-hybridized carbons (Fsp3) is 0.650. The van der Waals surface area contributed by atoms with Crippen molar-refractivity contribution in [2.75, 3.05) is 32.7 Å². The smallest absolute Gasteiger partial charge is 0.451 e. The van der Waals surface area contributed by atoms with Crippen LogP contribution in [-0.4, -0.2) is 76.3 Å². The largest absolute Gasteiger partial charge is 0.480 e. The fourth-order valence-corrected chi connectivity index (χ4v) is 3.74. The number of benzene rings is 1. The summed E-state index contributed by atoms with van der Waals surface area (Å²) in [6, 6.07) is 10.5. The molecule has 1 fully saturated rings. The standard InChI is InChI=1S/C20H34BN3O4/c22-20(19(25)26,9-4-5-11-21(27)28)10-6-12-23-13-15-24(16-14-23)17-18-7-2-1-3-8-18/h1-3,7-8,27-28H,4-6,9-17,22H2,(H,25,26). The van der Waals surface area contributed by atoms with Gasteiger partial charge in [-0.05, 0) is 37.7 Å². The molecule has 0 spiro atoms. The Balaban J connectivity index is 1.66.